The van der Waals surface area contributed by atoms with Crippen LogP contribution >= 0.6 is 0 Å². The number of benzene rings is 1. The average Bonchev–Trinajstić information content (AvgIpc) is 3.46. The van der Waals surface area contributed by atoms with Crippen molar-refractivity contribution >= 4 is 11.7 Å². The number of hydrogen-bond donors (Lipinski definition) is 2. The molecule has 23 heavy (non-hydrogen) atoms. The Labute approximate surface area is 136 Å². The van der Waals surface area contributed by atoms with E-state index in [9.17, 15) is 4.79 Å². The molecule has 3 rings (SSSR count). The topological polar surface area (TPSA) is 85.9 Å². The van der Waals surface area contributed by atoms with Crippen LogP contribution in [0.5, 0.6) is 5.75 Å². The van der Waals surface area contributed by atoms with Crippen LogP contribution in [0.15, 0.2) is 29.4 Å². The molecule has 0 aliphatic heterocycles. The first-order chi connectivity index (χ1) is 11.2. The fourth-order valence-electron chi connectivity index (χ4n) is 2.73. The Morgan fingerprint density at radius 1 is 1.26 bits per heavy atom. The molecule has 0 bridgehead atoms. The molecule has 1 aromatic rings. The van der Waals surface area contributed by atoms with E-state index in [1.807, 2.05) is 0 Å². The number of nitrogens with one attached hydrogen (secondary N) is 1. The monoisotopic (exact) mass is 317 g/mol. The summed E-state index contributed by atoms with van der Waals surface area (Å²) in [6, 6.07) is 7.49. The van der Waals surface area contributed by atoms with Crippen molar-refractivity contribution in [3.8, 4) is 5.75 Å². The molecule has 3 N–H and O–H groups in total. The number of nitrogens with two attached hydrogens (primary N) is 1. The van der Waals surface area contributed by atoms with Crippen LogP contribution < -0.4 is 15.8 Å². The van der Waals surface area contributed by atoms with Gasteiger partial charge in [-0.05, 0) is 61.8 Å². The van der Waals surface area contributed by atoms with E-state index in [1.165, 1.54) is 25.7 Å². The van der Waals surface area contributed by atoms with Crippen molar-refractivity contribution in [3.05, 3.63) is 29.8 Å². The summed E-state index contributed by atoms with van der Waals surface area (Å²) in [7, 11) is 1.60. The summed E-state index contributed by atoms with van der Waals surface area (Å²) in [6.45, 7) is -0.104. The van der Waals surface area contributed by atoms with Crippen molar-refractivity contribution in [2.45, 2.75) is 31.7 Å². The second kappa shape index (κ2) is 6.89. The van der Waals surface area contributed by atoms with Gasteiger partial charge in [-0.25, -0.2) is 0 Å². The quantitative estimate of drug-likeness (QED) is 0.433. The molecule has 124 valence electrons. The van der Waals surface area contributed by atoms with E-state index >= 15 is 0 Å². The minimum atomic E-state index is -0.125. The van der Waals surface area contributed by atoms with Gasteiger partial charge in [0.05, 0.1) is 7.11 Å². The van der Waals surface area contributed by atoms with Crippen LogP contribution in [0.4, 0.5) is 0 Å². The Hall–Kier alpha value is -2.24. The van der Waals surface area contributed by atoms with Crippen LogP contribution in [0.2, 0.25) is 0 Å². The van der Waals surface area contributed by atoms with Gasteiger partial charge >= 0.3 is 0 Å². The first kappa shape index (κ1) is 15.6. The number of oxime groups is 1. The third-order valence-electron chi connectivity index (χ3n) is 4.33. The highest BCUT2D eigenvalue weighted by Gasteiger charge is 2.42. The second-order valence-corrected chi connectivity index (χ2v) is 6.25. The van der Waals surface area contributed by atoms with Gasteiger partial charge in [0.1, 0.15) is 5.75 Å². The molecule has 2 aliphatic carbocycles. The normalized spacial score (nSPS) is 17.9. The van der Waals surface area contributed by atoms with Gasteiger partial charge in [0, 0.05) is 11.6 Å². The smallest absolute Gasteiger partial charge is 0.261 e. The highest BCUT2D eigenvalue weighted by molar-refractivity contribution is 5.97. The molecule has 1 aromatic carbocycles. The van der Waals surface area contributed by atoms with Crippen molar-refractivity contribution < 1.29 is 14.4 Å². The predicted octanol–water partition coefficient (Wildman–Crippen LogP) is 1.64. The van der Waals surface area contributed by atoms with Crippen LogP contribution in [0.3, 0.4) is 0 Å². The second-order valence-electron chi connectivity index (χ2n) is 6.25. The molecule has 2 fully saturated rings. The summed E-state index contributed by atoms with van der Waals surface area (Å²) in [5.41, 5.74) is 6.57. The molecule has 1 amide bonds. The van der Waals surface area contributed by atoms with Gasteiger partial charge in [0.2, 0.25) is 0 Å². The molecular weight excluding hydrogens is 294 g/mol. The summed E-state index contributed by atoms with van der Waals surface area (Å²) >= 11 is 0. The molecule has 0 atom stereocenters. The van der Waals surface area contributed by atoms with Crippen LogP contribution in [0.25, 0.3) is 0 Å². The zero-order valence-corrected chi connectivity index (χ0v) is 13.3. The Balaban J connectivity index is 1.45. The van der Waals surface area contributed by atoms with E-state index < -0.39 is 0 Å². The number of nitrogens with zero attached hydrogens (tertiary/aromatic N) is 1. The fraction of sp³-hybridized carbons (Fsp3) is 0.529. The standard InChI is InChI=1S/C17H23N3O3/c1-22-14-8-6-13(7-9-14)17(18)20-23-10-15(21)19-16(11-2-3-11)12-4-5-12/h6-9,11-12,16H,2-5,10H2,1H3,(H2,18,20)(H,19,21). The molecule has 0 aromatic heterocycles. The maximum absolute atomic E-state index is 12.0. The van der Waals surface area contributed by atoms with Crippen LogP contribution in [-0.2, 0) is 9.63 Å². The van der Waals surface area contributed by atoms with E-state index in [1.54, 1.807) is 31.4 Å². The summed E-state index contributed by atoms with van der Waals surface area (Å²) in [6.07, 6.45) is 4.91. The molecule has 0 unspecified atom stereocenters. The SMILES string of the molecule is COc1ccc(/C(N)=N/OCC(=O)NC(C2CC2)C2CC2)cc1. The molecule has 6 heteroatoms. The zero-order valence-electron chi connectivity index (χ0n) is 13.3. The Kier molecular flexibility index (Phi) is 4.69. The zero-order chi connectivity index (χ0) is 16.2. The van der Waals surface area contributed by atoms with Crippen molar-refractivity contribution in [3.63, 3.8) is 0 Å². The Bertz CT molecular complexity index is 565. The first-order valence-corrected chi connectivity index (χ1v) is 8.06. The molecule has 2 saturated carbocycles. The average molecular weight is 317 g/mol. The molecular formula is C17H23N3O3. The maximum atomic E-state index is 12.0. The molecule has 0 heterocycles. The van der Waals surface area contributed by atoms with Crippen LogP contribution in [0.1, 0.15) is 31.2 Å². The number of methoxy groups -OCH3 is 1. The van der Waals surface area contributed by atoms with Crippen molar-refractivity contribution in [2.24, 2.45) is 22.7 Å². The number of carbonyl (C=O) groups is 1. The molecule has 0 radical (unpaired) electrons. The molecule has 0 saturated heterocycles. The molecule has 0 spiro atoms. The van der Waals surface area contributed by atoms with E-state index in [2.05, 4.69) is 10.5 Å². The van der Waals surface area contributed by atoms with E-state index in [-0.39, 0.29) is 18.3 Å². The van der Waals surface area contributed by atoms with E-state index in [0.29, 0.717) is 17.9 Å². The van der Waals surface area contributed by atoms with Gasteiger partial charge in [0.15, 0.2) is 12.4 Å². The Morgan fingerprint density at radius 2 is 1.87 bits per heavy atom. The fourth-order valence-corrected chi connectivity index (χ4v) is 2.73. The molecule has 6 nitrogen and oxygen atoms in total. The summed E-state index contributed by atoms with van der Waals surface area (Å²) < 4.78 is 5.08. The Morgan fingerprint density at radius 3 is 2.39 bits per heavy atom. The van der Waals surface area contributed by atoms with Crippen molar-refractivity contribution in [1.82, 2.24) is 5.32 Å². The lowest BCUT2D eigenvalue weighted by Crippen LogP contribution is -2.40. The summed E-state index contributed by atoms with van der Waals surface area (Å²) in [5, 5.41) is 6.89. The largest absolute Gasteiger partial charge is 0.497 e. The van der Waals surface area contributed by atoms with Crippen molar-refractivity contribution in [2.75, 3.05) is 13.7 Å². The first-order valence-electron chi connectivity index (χ1n) is 8.06. The van der Waals surface area contributed by atoms with Crippen LogP contribution in [0, 0.1) is 11.8 Å². The van der Waals surface area contributed by atoms with Gasteiger partial charge < -0.3 is 20.6 Å². The predicted molar refractivity (Wildman–Crippen MR) is 87.0 cm³/mol. The number of carbonyl (C=O) groups excluding carboxylic acids is 1. The van der Waals surface area contributed by atoms with Crippen molar-refractivity contribution in [1.29, 1.82) is 0 Å². The summed E-state index contributed by atoms with van der Waals surface area (Å²) in [5.74, 6) is 2.19. The number of amides is 1. The highest BCUT2D eigenvalue weighted by Crippen LogP contribution is 2.44. The van der Waals surface area contributed by atoms with Gasteiger partial charge in [0.25, 0.3) is 5.91 Å². The minimum Gasteiger partial charge on any atom is -0.497 e. The van der Waals surface area contributed by atoms with Gasteiger partial charge in [-0.1, -0.05) is 5.16 Å². The lowest BCUT2D eigenvalue weighted by molar-refractivity contribution is -0.126. The summed E-state index contributed by atoms with van der Waals surface area (Å²) in [4.78, 5) is 17.0. The minimum absolute atomic E-state index is 0.104. The third-order valence-corrected chi connectivity index (χ3v) is 4.33. The van der Waals surface area contributed by atoms with Gasteiger partial charge in [-0.3, -0.25) is 4.79 Å². The van der Waals surface area contributed by atoms with Gasteiger partial charge in [-0.2, -0.15) is 0 Å². The highest BCUT2D eigenvalue weighted by atomic mass is 16.6. The maximum Gasteiger partial charge on any atom is 0.261 e. The number of rotatable bonds is 8. The van der Waals surface area contributed by atoms with E-state index in [4.69, 9.17) is 15.3 Å². The van der Waals surface area contributed by atoms with E-state index in [0.717, 1.165) is 11.3 Å². The van der Waals surface area contributed by atoms with Crippen LogP contribution in [-0.4, -0.2) is 31.5 Å². The molecule has 2 aliphatic rings. The number of ether oxygens (including phenoxy) is 1. The van der Waals surface area contributed by atoms with Gasteiger partial charge in [-0.15, -0.1) is 0 Å². The number of hydrogen-bond acceptors (Lipinski definition) is 4. The number of amidine groups is 1. The third kappa shape index (κ3) is 4.37. The lowest BCUT2D eigenvalue weighted by atomic mass is 10.1. The lowest BCUT2D eigenvalue weighted by Gasteiger charge is -2.17.